The highest BCUT2D eigenvalue weighted by molar-refractivity contribution is 5.99. The van der Waals surface area contributed by atoms with Crippen molar-refractivity contribution >= 4 is 5.78 Å². The summed E-state index contributed by atoms with van der Waals surface area (Å²) in [5.74, 6) is 1.04. The van der Waals surface area contributed by atoms with Crippen LogP contribution in [0.2, 0.25) is 0 Å². The van der Waals surface area contributed by atoms with Crippen molar-refractivity contribution in [3.8, 4) is 0 Å². The predicted molar refractivity (Wildman–Crippen MR) is 84.2 cm³/mol. The highest BCUT2D eigenvalue weighted by Crippen LogP contribution is 2.25. The van der Waals surface area contributed by atoms with Crippen LogP contribution >= 0.6 is 0 Å². The van der Waals surface area contributed by atoms with Gasteiger partial charge < -0.3 is 0 Å². The van der Waals surface area contributed by atoms with Crippen LogP contribution in [0, 0.1) is 5.92 Å². The van der Waals surface area contributed by atoms with Crippen LogP contribution in [0.3, 0.4) is 0 Å². The number of piperidine rings is 1. The first kappa shape index (κ1) is 15.2. The summed E-state index contributed by atoms with van der Waals surface area (Å²) in [5.41, 5.74) is 2.13. The zero-order valence-corrected chi connectivity index (χ0v) is 13.2. The number of likely N-dealkylation sites (tertiary alicyclic amines) is 1. The molecule has 0 saturated carbocycles. The normalized spacial score (nSPS) is 25.4. The summed E-state index contributed by atoms with van der Waals surface area (Å²) >= 11 is 0. The number of hydrogen-bond donors (Lipinski definition) is 0. The second-order valence-corrected chi connectivity index (χ2v) is 6.31. The van der Waals surface area contributed by atoms with Gasteiger partial charge in [-0.2, -0.15) is 0 Å². The van der Waals surface area contributed by atoms with E-state index in [0.29, 0.717) is 6.04 Å². The summed E-state index contributed by atoms with van der Waals surface area (Å²) in [5, 5.41) is 0. The molecule has 1 fully saturated rings. The van der Waals surface area contributed by atoms with Crippen molar-refractivity contribution in [3.05, 3.63) is 35.4 Å². The van der Waals surface area contributed by atoms with E-state index in [2.05, 4.69) is 44.7 Å². The maximum absolute atomic E-state index is 12.6. The number of benzene rings is 1. The van der Waals surface area contributed by atoms with Crippen LogP contribution in [-0.2, 0) is 6.42 Å². The molecule has 1 aliphatic heterocycles. The Morgan fingerprint density at radius 2 is 1.95 bits per heavy atom. The number of rotatable bonds is 4. The smallest absolute Gasteiger partial charge is 0.179 e. The summed E-state index contributed by atoms with van der Waals surface area (Å²) in [4.78, 5) is 15.0. The molecular weight excluding hydrogens is 246 g/mol. The first-order valence-corrected chi connectivity index (χ1v) is 7.91. The van der Waals surface area contributed by atoms with E-state index in [1.54, 1.807) is 0 Å². The molecular formula is C18H27NO. The van der Waals surface area contributed by atoms with E-state index in [9.17, 15) is 4.79 Å². The topological polar surface area (TPSA) is 20.3 Å². The molecule has 1 heterocycles. The van der Waals surface area contributed by atoms with Gasteiger partial charge in [-0.25, -0.2) is 0 Å². The molecule has 20 heavy (non-hydrogen) atoms. The zero-order valence-electron chi connectivity index (χ0n) is 13.2. The van der Waals surface area contributed by atoms with Crippen LogP contribution in [0.1, 0.15) is 56.5 Å². The van der Waals surface area contributed by atoms with E-state index in [0.717, 1.165) is 24.4 Å². The van der Waals surface area contributed by atoms with Crippen LogP contribution in [0.5, 0.6) is 0 Å². The second kappa shape index (κ2) is 6.53. The molecule has 2 heteroatoms. The van der Waals surface area contributed by atoms with Crippen LogP contribution < -0.4 is 0 Å². The number of aryl methyl sites for hydroxylation is 1. The molecule has 0 amide bonds. The maximum atomic E-state index is 12.6. The molecule has 1 aromatic carbocycles. The van der Waals surface area contributed by atoms with Crippen LogP contribution in [0.15, 0.2) is 24.3 Å². The molecule has 0 radical (unpaired) electrons. The SMILES string of the molecule is CCc1ccc(C(=O)C(C)N2CCC(C)CC2C)cc1. The van der Waals surface area contributed by atoms with E-state index in [1.807, 2.05) is 12.1 Å². The van der Waals surface area contributed by atoms with Crippen molar-refractivity contribution in [1.82, 2.24) is 4.90 Å². The van der Waals surface area contributed by atoms with Gasteiger partial charge in [-0.05, 0) is 51.1 Å². The summed E-state index contributed by atoms with van der Waals surface area (Å²) < 4.78 is 0. The van der Waals surface area contributed by atoms with E-state index in [4.69, 9.17) is 0 Å². The quantitative estimate of drug-likeness (QED) is 0.774. The molecule has 0 aliphatic carbocycles. The van der Waals surface area contributed by atoms with Gasteiger partial charge in [-0.15, -0.1) is 0 Å². The van der Waals surface area contributed by atoms with E-state index >= 15 is 0 Å². The second-order valence-electron chi connectivity index (χ2n) is 6.31. The number of carbonyl (C=O) groups excluding carboxylic acids is 1. The highest BCUT2D eigenvalue weighted by Gasteiger charge is 2.30. The van der Waals surface area contributed by atoms with Crippen molar-refractivity contribution in [3.63, 3.8) is 0 Å². The lowest BCUT2D eigenvalue weighted by atomic mass is 9.91. The van der Waals surface area contributed by atoms with Crippen molar-refractivity contribution in [2.75, 3.05) is 6.54 Å². The number of nitrogens with zero attached hydrogens (tertiary/aromatic N) is 1. The fourth-order valence-electron chi connectivity index (χ4n) is 3.30. The zero-order chi connectivity index (χ0) is 14.7. The summed E-state index contributed by atoms with van der Waals surface area (Å²) in [6, 6.07) is 8.60. The molecule has 2 rings (SSSR count). The Labute approximate surface area is 123 Å². The van der Waals surface area contributed by atoms with Crippen molar-refractivity contribution in [2.24, 2.45) is 5.92 Å². The summed E-state index contributed by atoms with van der Waals surface area (Å²) in [6.07, 6.45) is 3.42. The standard InChI is InChI=1S/C18H27NO/c1-5-16-6-8-17(9-7-16)18(20)15(4)19-11-10-13(2)12-14(19)3/h6-9,13-15H,5,10-12H2,1-4H3. The third-order valence-corrected chi connectivity index (χ3v) is 4.71. The van der Waals surface area contributed by atoms with Gasteiger partial charge in [0.05, 0.1) is 6.04 Å². The van der Waals surface area contributed by atoms with E-state index in [-0.39, 0.29) is 11.8 Å². The Hall–Kier alpha value is -1.15. The molecule has 2 nitrogen and oxygen atoms in total. The molecule has 3 unspecified atom stereocenters. The maximum Gasteiger partial charge on any atom is 0.179 e. The van der Waals surface area contributed by atoms with Gasteiger partial charge in [-0.3, -0.25) is 9.69 Å². The predicted octanol–water partition coefficient (Wildman–Crippen LogP) is 3.94. The Morgan fingerprint density at radius 1 is 1.30 bits per heavy atom. The molecule has 1 saturated heterocycles. The minimum Gasteiger partial charge on any atom is -0.292 e. The third-order valence-electron chi connectivity index (χ3n) is 4.71. The molecule has 0 bridgehead atoms. The fourth-order valence-corrected chi connectivity index (χ4v) is 3.30. The molecule has 110 valence electrons. The molecule has 0 spiro atoms. The van der Waals surface area contributed by atoms with Crippen molar-refractivity contribution in [2.45, 2.75) is 59.0 Å². The average molecular weight is 273 g/mol. The lowest BCUT2D eigenvalue weighted by molar-refractivity contribution is 0.0628. The van der Waals surface area contributed by atoms with Gasteiger partial charge >= 0.3 is 0 Å². The highest BCUT2D eigenvalue weighted by atomic mass is 16.1. The van der Waals surface area contributed by atoms with Gasteiger partial charge in [0.1, 0.15) is 0 Å². The number of carbonyl (C=O) groups is 1. The lowest BCUT2D eigenvalue weighted by Crippen LogP contribution is -2.48. The molecule has 3 atom stereocenters. The van der Waals surface area contributed by atoms with Crippen molar-refractivity contribution in [1.29, 1.82) is 0 Å². The minimum atomic E-state index is -0.00928. The minimum absolute atomic E-state index is 0.00928. The Bertz CT molecular complexity index is 451. The first-order valence-electron chi connectivity index (χ1n) is 7.91. The fraction of sp³-hybridized carbons (Fsp3) is 0.611. The largest absolute Gasteiger partial charge is 0.292 e. The van der Waals surface area contributed by atoms with E-state index < -0.39 is 0 Å². The molecule has 0 N–H and O–H groups in total. The Morgan fingerprint density at radius 3 is 2.50 bits per heavy atom. The Balaban J connectivity index is 2.07. The molecule has 1 aliphatic rings. The number of hydrogen-bond acceptors (Lipinski definition) is 2. The number of ketones is 1. The lowest BCUT2D eigenvalue weighted by Gasteiger charge is -2.39. The van der Waals surface area contributed by atoms with Gasteiger partial charge in [0.15, 0.2) is 5.78 Å². The third kappa shape index (κ3) is 3.29. The first-order chi connectivity index (χ1) is 9.52. The van der Waals surface area contributed by atoms with Crippen LogP contribution in [0.25, 0.3) is 0 Å². The van der Waals surface area contributed by atoms with Crippen molar-refractivity contribution < 1.29 is 4.79 Å². The monoisotopic (exact) mass is 273 g/mol. The van der Waals surface area contributed by atoms with Gasteiger partial charge in [-0.1, -0.05) is 38.1 Å². The Kier molecular flexibility index (Phi) is 4.98. The molecule has 1 aromatic rings. The average Bonchev–Trinajstić information content (AvgIpc) is 2.46. The van der Waals surface area contributed by atoms with Gasteiger partial charge in [0, 0.05) is 11.6 Å². The van der Waals surface area contributed by atoms with Crippen LogP contribution in [-0.4, -0.2) is 29.3 Å². The van der Waals surface area contributed by atoms with Crippen LogP contribution in [0.4, 0.5) is 0 Å². The van der Waals surface area contributed by atoms with Gasteiger partial charge in [0.25, 0.3) is 0 Å². The summed E-state index contributed by atoms with van der Waals surface area (Å²) in [7, 11) is 0. The number of Topliss-reactive ketones (excluding diaryl/α,β-unsaturated/α-hetero) is 1. The summed E-state index contributed by atoms with van der Waals surface area (Å²) in [6.45, 7) is 9.80. The molecule has 0 aromatic heterocycles. The van der Waals surface area contributed by atoms with Gasteiger partial charge in [0.2, 0.25) is 0 Å². The van der Waals surface area contributed by atoms with E-state index in [1.165, 1.54) is 18.4 Å².